The number of alkyl carbamates (subject to hydrolysis) is 1. The molecule has 2 aliphatic rings. The summed E-state index contributed by atoms with van der Waals surface area (Å²) in [5.41, 5.74) is 4.48. The molecule has 2 fully saturated rings. The van der Waals surface area contributed by atoms with Crippen LogP contribution in [-0.2, 0) is 19.8 Å². The highest BCUT2D eigenvalue weighted by Gasteiger charge is 2.57. The fourth-order valence-electron chi connectivity index (χ4n) is 3.90. The van der Waals surface area contributed by atoms with Crippen molar-refractivity contribution in [2.45, 2.75) is 23.9 Å². The second kappa shape index (κ2) is 9.23. The summed E-state index contributed by atoms with van der Waals surface area (Å²) in [5, 5.41) is 37.7. The molecule has 0 bridgehead atoms. The first kappa shape index (κ1) is 22.2. The third kappa shape index (κ3) is 4.06. The van der Waals surface area contributed by atoms with Gasteiger partial charge in [-0.1, -0.05) is 0 Å². The minimum Gasteiger partial charge on any atom is -0.447 e. The van der Waals surface area contributed by atoms with E-state index in [1.807, 2.05) is 6.07 Å². The van der Waals surface area contributed by atoms with Crippen molar-refractivity contribution in [1.29, 1.82) is 5.26 Å². The number of aliphatic hydroxyl groups is 2. The molecule has 4 heterocycles. The number of rotatable bonds is 6. The molecule has 4 atom stereocenters. The largest absolute Gasteiger partial charge is 0.447 e. The lowest BCUT2D eigenvalue weighted by atomic mass is 9.92. The zero-order chi connectivity index (χ0) is 22.7. The zero-order valence-electron chi connectivity index (χ0n) is 17.3. The van der Waals surface area contributed by atoms with Gasteiger partial charge in [0, 0.05) is 26.2 Å². The normalized spacial score (nSPS) is 28.5. The van der Waals surface area contributed by atoms with Gasteiger partial charge >= 0.3 is 6.09 Å². The van der Waals surface area contributed by atoms with Crippen molar-refractivity contribution in [1.82, 2.24) is 24.8 Å². The Kier molecular flexibility index (Phi) is 6.40. The van der Waals surface area contributed by atoms with Crippen LogP contribution in [0.15, 0.2) is 18.5 Å². The maximum absolute atomic E-state index is 12.0. The quantitative estimate of drug-likeness (QED) is 0.393. The van der Waals surface area contributed by atoms with Crippen LogP contribution in [0, 0.1) is 11.3 Å². The summed E-state index contributed by atoms with van der Waals surface area (Å²) in [6, 6.07) is 5.03. The van der Waals surface area contributed by atoms with Gasteiger partial charge in [-0.05, 0) is 12.1 Å². The average Bonchev–Trinajstić information content (AvgIpc) is 3.35. The van der Waals surface area contributed by atoms with Gasteiger partial charge in [0.15, 0.2) is 5.82 Å². The molecule has 1 amide bonds. The van der Waals surface area contributed by atoms with Crippen molar-refractivity contribution in [3.8, 4) is 6.07 Å². The topological polar surface area (TPSA) is 180 Å². The monoisotopic (exact) mass is 447 g/mol. The maximum atomic E-state index is 12.0. The van der Waals surface area contributed by atoms with Crippen LogP contribution in [0.2, 0.25) is 0 Å². The molecule has 0 radical (unpaired) electrons. The van der Waals surface area contributed by atoms with E-state index in [2.05, 4.69) is 20.3 Å². The zero-order valence-corrected chi connectivity index (χ0v) is 17.3. The summed E-state index contributed by atoms with van der Waals surface area (Å²) >= 11 is 0. The van der Waals surface area contributed by atoms with E-state index in [1.54, 1.807) is 6.07 Å². The molecule has 2 aromatic heterocycles. The molecule has 4 rings (SSSR count). The van der Waals surface area contributed by atoms with E-state index in [9.17, 15) is 20.3 Å². The molecule has 2 aliphatic heterocycles. The van der Waals surface area contributed by atoms with Crippen molar-refractivity contribution in [2.75, 3.05) is 51.7 Å². The number of hydrogen-bond acceptors (Lipinski definition) is 11. The van der Waals surface area contributed by atoms with Crippen LogP contribution in [0.3, 0.4) is 0 Å². The number of amides is 1. The maximum Gasteiger partial charge on any atom is 0.407 e. The second-order valence-electron chi connectivity index (χ2n) is 7.58. The number of carbonyl (C=O) groups excluding carboxylic acids is 1. The molecule has 0 aliphatic carbocycles. The average molecular weight is 447 g/mol. The van der Waals surface area contributed by atoms with Crippen LogP contribution in [0.4, 0.5) is 10.6 Å². The number of nitrogen functional groups attached to an aromatic ring is 1. The van der Waals surface area contributed by atoms with Crippen LogP contribution in [0.5, 0.6) is 0 Å². The lowest BCUT2D eigenvalue weighted by Crippen LogP contribution is -2.42. The van der Waals surface area contributed by atoms with Crippen LogP contribution in [-0.4, -0.2) is 100 Å². The highest BCUT2D eigenvalue weighted by atomic mass is 16.6. The van der Waals surface area contributed by atoms with Crippen molar-refractivity contribution >= 4 is 17.4 Å². The number of hydrogen-bond donors (Lipinski definition) is 4. The Morgan fingerprint density at radius 2 is 2.19 bits per heavy atom. The molecular formula is C19H25N7O6. The Bertz CT molecular complexity index is 1000. The molecule has 0 saturated carbocycles. The molecule has 0 aromatic carbocycles. The Balaban J connectivity index is 1.38. The van der Waals surface area contributed by atoms with E-state index in [0.29, 0.717) is 31.8 Å². The van der Waals surface area contributed by atoms with Gasteiger partial charge < -0.3 is 35.5 Å². The van der Waals surface area contributed by atoms with Crippen LogP contribution < -0.4 is 11.1 Å². The van der Waals surface area contributed by atoms with Gasteiger partial charge in [-0.3, -0.25) is 4.90 Å². The molecule has 2 saturated heterocycles. The third-order valence-electron chi connectivity index (χ3n) is 5.67. The molecule has 5 N–H and O–H groups in total. The number of aromatic nitrogens is 3. The van der Waals surface area contributed by atoms with E-state index in [1.165, 1.54) is 16.9 Å². The summed E-state index contributed by atoms with van der Waals surface area (Å²) in [6.07, 6.45) is -3.69. The van der Waals surface area contributed by atoms with Crippen molar-refractivity contribution in [3.05, 3.63) is 24.2 Å². The summed E-state index contributed by atoms with van der Waals surface area (Å²) in [6.45, 7) is 3.62. The Labute approximate surface area is 183 Å². The van der Waals surface area contributed by atoms with E-state index in [4.69, 9.17) is 19.9 Å². The summed E-state index contributed by atoms with van der Waals surface area (Å²) in [7, 11) is 0. The number of carbonyl (C=O) groups is 1. The van der Waals surface area contributed by atoms with Gasteiger partial charge in [0.2, 0.25) is 5.60 Å². The number of morpholine rings is 1. The van der Waals surface area contributed by atoms with E-state index in [0.717, 1.165) is 13.1 Å². The summed E-state index contributed by atoms with van der Waals surface area (Å²) in [5.74, 6) is 0.181. The molecule has 2 aromatic rings. The van der Waals surface area contributed by atoms with Crippen molar-refractivity contribution in [2.24, 2.45) is 0 Å². The molecule has 32 heavy (non-hydrogen) atoms. The highest BCUT2D eigenvalue weighted by molar-refractivity contribution is 5.67. The first-order chi connectivity index (χ1) is 15.5. The highest BCUT2D eigenvalue weighted by Crippen LogP contribution is 2.40. The number of nitriles is 1. The Morgan fingerprint density at radius 1 is 1.41 bits per heavy atom. The molecule has 0 spiro atoms. The van der Waals surface area contributed by atoms with Gasteiger partial charge in [0.1, 0.15) is 42.8 Å². The number of nitrogens with zero attached hydrogens (tertiary/aromatic N) is 5. The summed E-state index contributed by atoms with van der Waals surface area (Å²) in [4.78, 5) is 18.1. The number of nitrogens with one attached hydrogen (secondary N) is 1. The Morgan fingerprint density at radius 3 is 2.94 bits per heavy atom. The Hall–Kier alpha value is -3.02. The number of fused-ring (bicyclic) bond motifs is 1. The first-order valence-electron chi connectivity index (χ1n) is 10.2. The SMILES string of the molecule is N#C[C@@]1(c2ccc3c(N)ncnn23)O[C@H](COC(=O)NCCN2CCOCC2)[C@@H](O)[C@H]1O. The van der Waals surface area contributed by atoms with Crippen molar-refractivity contribution < 1.29 is 29.2 Å². The number of nitrogens with two attached hydrogens (primary N) is 1. The lowest BCUT2D eigenvalue weighted by Gasteiger charge is -2.26. The standard InChI is InChI=1S/C19H25N7O6/c20-10-19(14-2-1-12-17(21)23-11-24-26(12)14)16(28)15(27)13(32-19)9-31-18(29)22-3-4-25-5-7-30-8-6-25/h1-2,11,13,15-16,27-28H,3-9H2,(H,22,29)(H2,21,23,24)/t13-,15-,16-,19+/m1/s1. The summed E-state index contributed by atoms with van der Waals surface area (Å²) < 4.78 is 17.5. The predicted octanol–water partition coefficient (Wildman–Crippen LogP) is -1.79. The second-order valence-corrected chi connectivity index (χ2v) is 7.58. The van der Waals surface area contributed by atoms with Gasteiger partial charge in [-0.15, -0.1) is 0 Å². The van der Waals surface area contributed by atoms with Crippen LogP contribution >= 0.6 is 0 Å². The van der Waals surface area contributed by atoms with Gasteiger partial charge in [-0.25, -0.2) is 14.3 Å². The number of ether oxygens (including phenoxy) is 3. The van der Waals surface area contributed by atoms with E-state index >= 15 is 0 Å². The van der Waals surface area contributed by atoms with E-state index < -0.39 is 30.0 Å². The molecule has 13 heteroatoms. The predicted molar refractivity (Wildman–Crippen MR) is 108 cm³/mol. The number of aliphatic hydroxyl groups excluding tert-OH is 2. The smallest absolute Gasteiger partial charge is 0.407 e. The van der Waals surface area contributed by atoms with Crippen molar-refractivity contribution in [3.63, 3.8) is 0 Å². The fourth-order valence-corrected chi connectivity index (χ4v) is 3.90. The first-order valence-corrected chi connectivity index (χ1v) is 10.2. The van der Waals surface area contributed by atoms with Gasteiger partial charge in [-0.2, -0.15) is 10.4 Å². The number of anilines is 1. The minimum atomic E-state index is -1.94. The minimum absolute atomic E-state index is 0.174. The van der Waals surface area contributed by atoms with E-state index in [-0.39, 0.29) is 18.1 Å². The molecule has 0 unspecified atom stereocenters. The van der Waals surface area contributed by atoms with Crippen LogP contribution in [0.1, 0.15) is 5.69 Å². The molecular weight excluding hydrogens is 422 g/mol. The van der Waals surface area contributed by atoms with Gasteiger partial charge in [0.25, 0.3) is 0 Å². The third-order valence-corrected chi connectivity index (χ3v) is 5.67. The lowest BCUT2D eigenvalue weighted by molar-refractivity contribution is -0.0659. The van der Waals surface area contributed by atoms with Crippen LogP contribution in [0.25, 0.3) is 5.52 Å². The fraction of sp³-hybridized carbons (Fsp3) is 0.579. The molecule has 13 nitrogen and oxygen atoms in total. The van der Waals surface area contributed by atoms with Gasteiger partial charge in [0.05, 0.1) is 18.9 Å². The molecule has 172 valence electrons.